The van der Waals surface area contributed by atoms with Crippen molar-refractivity contribution in [2.24, 2.45) is 0 Å². The highest BCUT2D eigenvalue weighted by Crippen LogP contribution is 2.36. The van der Waals surface area contributed by atoms with Crippen LogP contribution in [0.15, 0.2) is 59.9 Å². The van der Waals surface area contributed by atoms with Gasteiger partial charge in [-0.3, -0.25) is 0 Å². The van der Waals surface area contributed by atoms with Gasteiger partial charge in [0.2, 0.25) is 0 Å². The molecule has 1 nitrogen and oxygen atoms in total. The van der Waals surface area contributed by atoms with Gasteiger partial charge >= 0.3 is 12.1 Å². The fourth-order valence-electron chi connectivity index (χ4n) is 2.37. The van der Waals surface area contributed by atoms with E-state index in [-0.39, 0.29) is 5.76 Å². The molecule has 0 spiro atoms. The molecule has 0 saturated carbocycles. The van der Waals surface area contributed by atoms with Crippen LogP contribution in [0.4, 0.5) is 22.0 Å². The molecule has 0 aliphatic heterocycles. The minimum absolute atomic E-state index is 0.0196. The van der Waals surface area contributed by atoms with E-state index in [4.69, 9.17) is 0 Å². The maximum Gasteiger partial charge on any atom is 0.456 e. The molecule has 0 unspecified atom stereocenters. The molecule has 24 heavy (non-hydrogen) atoms. The van der Waals surface area contributed by atoms with Gasteiger partial charge in [-0.05, 0) is 41.7 Å². The summed E-state index contributed by atoms with van der Waals surface area (Å²) >= 11 is 0. The first-order chi connectivity index (χ1) is 11.2. The Morgan fingerprint density at radius 2 is 1.71 bits per heavy atom. The van der Waals surface area contributed by atoms with Crippen LogP contribution in [0.5, 0.6) is 0 Å². The molecule has 0 saturated heterocycles. The van der Waals surface area contributed by atoms with Gasteiger partial charge in [0.1, 0.15) is 5.76 Å². The van der Waals surface area contributed by atoms with Crippen LogP contribution >= 0.6 is 0 Å². The number of benzene rings is 1. The Kier molecular flexibility index (Phi) is 5.47. The summed E-state index contributed by atoms with van der Waals surface area (Å²) in [6.07, 6.45) is 0.220. The van der Waals surface area contributed by atoms with Crippen molar-refractivity contribution in [3.8, 4) is 0 Å². The predicted octanol–water partition coefficient (Wildman–Crippen LogP) is 5.91. The van der Waals surface area contributed by atoms with E-state index < -0.39 is 18.7 Å². The number of allylic oxidation sites excluding steroid dienone is 5. The summed E-state index contributed by atoms with van der Waals surface area (Å²) in [5.41, 5.74) is 3.14. The van der Waals surface area contributed by atoms with E-state index in [0.717, 1.165) is 23.1 Å². The minimum atomic E-state index is -5.61. The van der Waals surface area contributed by atoms with Crippen molar-refractivity contribution in [2.45, 2.75) is 31.9 Å². The molecule has 6 heteroatoms. The van der Waals surface area contributed by atoms with Gasteiger partial charge in [-0.25, -0.2) is 0 Å². The molecule has 0 bridgehead atoms. The first-order valence-electron chi connectivity index (χ1n) is 7.47. The highest BCUT2D eigenvalue weighted by molar-refractivity contribution is 5.71. The molecule has 0 atom stereocenters. The standard InChI is InChI=1S/C18H17F5O/c1-2-16(13-6-4-3-5-7-13)14-8-10-15(11-9-14)24-12-17(19,20)18(21,22)23/h3-8,10-11H,2,9,12H2,1H3/b16-14-. The normalized spacial score (nSPS) is 17.5. The largest absolute Gasteiger partial charge is 0.487 e. The molecule has 1 aliphatic rings. The van der Waals surface area contributed by atoms with Crippen molar-refractivity contribution < 1.29 is 26.7 Å². The summed E-state index contributed by atoms with van der Waals surface area (Å²) < 4.78 is 66.7. The Hall–Kier alpha value is -2.11. The second-order valence-electron chi connectivity index (χ2n) is 5.36. The predicted molar refractivity (Wildman–Crippen MR) is 82.4 cm³/mol. The van der Waals surface area contributed by atoms with Crippen molar-refractivity contribution in [1.29, 1.82) is 0 Å². The van der Waals surface area contributed by atoms with Crippen molar-refractivity contribution in [3.05, 3.63) is 65.5 Å². The van der Waals surface area contributed by atoms with Crippen molar-refractivity contribution in [3.63, 3.8) is 0 Å². The lowest BCUT2D eigenvalue weighted by Gasteiger charge is -2.21. The van der Waals surface area contributed by atoms with E-state index in [1.807, 2.05) is 37.3 Å². The van der Waals surface area contributed by atoms with Crippen LogP contribution in [0.1, 0.15) is 25.3 Å². The van der Waals surface area contributed by atoms with Crippen molar-refractivity contribution in [2.75, 3.05) is 6.61 Å². The minimum Gasteiger partial charge on any atom is -0.487 e. The number of hydrogen-bond acceptors (Lipinski definition) is 1. The van der Waals surface area contributed by atoms with Crippen LogP contribution < -0.4 is 0 Å². The highest BCUT2D eigenvalue weighted by atomic mass is 19.4. The van der Waals surface area contributed by atoms with E-state index in [1.165, 1.54) is 12.2 Å². The Labute approximate surface area is 137 Å². The molecule has 0 aromatic heterocycles. The molecular formula is C18H17F5O. The monoisotopic (exact) mass is 344 g/mol. The van der Waals surface area contributed by atoms with Gasteiger partial charge in [0.05, 0.1) is 0 Å². The van der Waals surface area contributed by atoms with E-state index >= 15 is 0 Å². The smallest absolute Gasteiger partial charge is 0.456 e. The molecule has 1 aliphatic carbocycles. The van der Waals surface area contributed by atoms with E-state index in [9.17, 15) is 22.0 Å². The van der Waals surface area contributed by atoms with Crippen LogP contribution in [-0.2, 0) is 4.74 Å². The second kappa shape index (κ2) is 7.20. The maximum absolute atomic E-state index is 12.9. The molecule has 2 rings (SSSR count). The fraction of sp³-hybridized carbons (Fsp3) is 0.333. The van der Waals surface area contributed by atoms with Crippen LogP contribution in [-0.4, -0.2) is 18.7 Å². The third kappa shape index (κ3) is 4.24. The topological polar surface area (TPSA) is 9.23 Å². The Bertz CT molecular complexity index is 654. The fourth-order valence-corrected chi connectivity index (χ4v) is 2.37. The zero-order valence-electron chi connectivity index (χ0n) is 13.0. The molecule has 0 N–H and O–H groups in total. The molecule has 0 heterocycles. The van der Waals surface area contributed by atoms with Gasteiger partial charge in [-0.1, -0.05) is 43.3 Å². The number of ether oxygens (including phenoxy) is 1. The third-order valence-electron chi connectivity index (χ3n) is 3.67. The molecule has 0 amide bonds. The Morgan fingerprint density at radius 3 is 2.21 bits per heavy atom. The van der Waals surface area contributed by atoms with E-state index in [2.05, 4.69) is 4.74 Å². The van der Waals surface area contributed by atoms with Crippen molar-refractivity contribution in [1.82, 2.24) is 0 Å². The number of hydrogen-bond donors (Lipinski definition) is 0. The number of halogens is 5. The van der Waals surface area contributed by atoms with Gasteiger partial charge in [0.25, 0.3) is 0 Å². The second-order valence-corrected chi connectivity index (χ2v) is 5.36. The average molecular weight is 344 g/mol. The van der Waals surface area contributed by atoms with E-state index in [1.54, 1.807) is 6.08 Å². The zero-order chi connectivity index (χ0) is 17.8. The maximum atomic E-state index is 12.9. The average Bonchev–Trinajstić information content (AvgIpc) is 2.55. The van der Waals surface area contributed by atoms with Crippen LogP contribution in [0.25, 0.3) is 5.57 Å². The summed E-state index contributed by atoms with van der Waals surface area (Å²) in [4.78, 5) is 0. The SMILES string of the molecule is CC/C(=C1\C=CC(OCC(F)(F)C(F)(F)F)=CC1)c1ccccc1. The first kappa shape index (κ1) is 18.2. The Balaban J connectivity index is 2.07. The summed E-state index contributed by atoms with van der Waals surface area (Å²) in [6.45, 7) is 0.286. The van der Waals surface area contributed by atoms with Gasteiger partial charge in [0, 0.05) is 0 Å². The number of alkyl halides is 5. The van der Waals surface area contributed by atoms with Gasteiger partial charge in [0.15, 0.2) is 6.61 Å². The van der Waals surface area contributed by atoms with Crippen LogP contribution in [0.2, 0.25) is 0 Å². The lowest BCUT2D eigenvalue weighted by Crippen LogP contribution is -2.40. The lowest BCUT2D eigenvalue weighted by atomic mass is 9.93. The quantitative estimate of drug-likeness (QED) is 0.604. The molecular weight excluding hydrogens is 327 g/mol. The van der Waals surface area contributed by atoms with E-state index in [0.29, 0.717) is 6.42 Å². The first-order valence-corrected chi connectivity index (χ1v) is 7.47. The molecule has 1 aromatic rings. The van der Waals surface area contributed by atoms with Crippen molar-refractivity contribution >= 4 is 5.57 Å². The van der Waals surface area contributed by atoms with Gasteiger partial charge < -0.3 is 4.74 Å². The molecule has 0 radical (unpaired) electrons. The van der Waals surface area contributed by atoms with Crippen LogP contribution in [0, 0.1) is 0 Å². The number of rotatable bonds is 5. The summed E-state index contributed by atoms with van der Waals surface area (Å²) in [6, 6.07) is 9.69. The lowest BCUT2D eigenvalue weighted by molar-refractivity contribution is -0.293. The summed E-state index contributed by atoms with van der Waals surface area (Å²) in [5, 5.41) is 0. The van der Waals surface area contributed by atoms with Gasteiger partial charge in [-0.2, -0.15) is 22.0 Å². The molecule has 1 aromatic carbocycles. The summed E-state index contributed by atoms with van der Waals surface area (Å²) in [5.74, 6) is -4.85. The molecule has 130 valence electrons. The van der Waals surface area contributed by atoms with Crippen LogP contribution in [0.3, 0.4) is 0 Å². The highest BCUT2D eigenvalue weighted by Gasteiger charge is 2.58. The molecule has 0 fully saturated rings. The van der Waals surface area contributed by atoms with Gasteiger partial charge in [-0.15, -0.1) is 0 Å². The Morgan fingerprint density at radius 1 is 1.04 bits per heavy atom. The zero-order valence-corrected chi connectivity index (χ0v) is 13.0. The summed E-state index contributed by atoms with van der Waals surface area (Å²) in [7, 11) is 0. The third-order valence-corrected chi connectivity index (χ3v) is 3.67.